The second-order valence-electron chi connectivity index (χ2n) is 4.96. The Labute approximate surface area is 160 Å². The number of hydrogen-bond acceptors (Lipinski definition) is 9. The molecule has 0 bridgehead atoms. The first-order valence-corrected chi connectivity index (χ1v) is 8.06. The summed E-state index contributed by atoms with van der Waals surface area (Å²) in [5.74, 6) is -2.08. The van der Waals surface area contributed by atoms with Gasteiger partial charge in [-0.15, -0.1) is 18.3 Å². The fourth-order valence-corrected chi connectivity index (χ4v) is 2.59. The number of thioether (sulfide) groups is 1. The van der Waals surface area contributed by atoms with E-state index < -0.39 is 36.6 Å². The van der Waals surface area contributed by atoms with E-state index in [0.717, 1.165) is 43.3 Å². The number of nitrogens with one attached hydrogen (secondary N) is 1. The predicted molar refractivity (Wildman–Crippen MR) is 93.8 cm³/mol. The van der Waals surface area contributed by atoms with Crippen molar-refractivity contribution in [3.63, 3.8) is 0 Å². The largest absolute Gasteiger partial charge is 0.573 e. The van der Waals surface area contributed by atoms with Gasteiger partial charge >= 0.3 is 19.5 Å². The zero-order chi connectivity index (χ0) is 20.9. The molecule has 3 N–H and O–H groups in total. The first-order valence-electron chi connectivity index (χ1n) is 7.25. The molecule has 0 radical (unpaired) electrons. The number of amidine groups is 1. The Morgan fingerprint density at radius 2 is 2.07 bits per heavy atom. The van der Waals surface area contributed by atoms with Crippen LogP contribution in [-0.4, -0.2) is 53.9 Å². The normalized spacial score (nSPS) is 17.3. The second kappa shape index (κ2) is 8.90. The molecule has 1 aliphatic rings. The molecule has 0 saturated carbocycles. The third-order valence-corrected chi connectivity index (χ3v) is 3.89. The Kier molecular flexibility index (Phi) is 6.82. The molecule has 1 aliphatic heterocycles. The highest BCUT2D eigenvalue weighted by atomic mass is 32.2. The number of hydrogen-bond donors (Lipinski definition) is 3. The lowest BCUT2D eigenvalue weighted by Crippen LogP contribution is -2.34. The standard InChI is InChI=1S/C14H11BF3N3O6S/c1-26-11(22)5-10-12(23)20-13(28-10)21-19-6-7-2-3-9(27-14(16,17)18)8(4-7)15(24)25/h2-6,24-25H,1H3,(H,20,21,23)/b10-5+,19-6?. The van der Waals surface area contributed by atoms with Crippen LogP contribution in [0.5, 0.6) is 5.75 Å². The van der Waals surface area contributed by atoms with Crippen LogP contribution in [0.1, 0.15) is 5.56 Å². The predicted octanol–water partition coefficient (Wildman–Crippen LogP) is -0.125. The topological polar surface area (TPSA) is 130 Å². The van der Waals surface area contributed by atoms with Crippen LogP contribution in [0.15, 0.2) is 39.4 Å². The molecule has 1 heterocycles. The summed E-state index contributed by atoms with van der Waals surface area (Å²) in [4.78, 5) is 22.8. The number of esters is 1. The highest BCUT2D eigenvalue weighted by Crippen LogP contribution is 2.24. The zero-order valence-corrected chi connectivity index (χ0v) is 14.7. The fourth-order valence-electron chi connectivity index (χ4n) is 1.86. The third-order valence-electron chi connectivity index (χ3n) is 2.99. The van der Waals surface area contributed by atoms with Crippen LogP contribution in [0.4, 0.5) is 13.2 Å². The average Bonchev–Trinajstić information content (AvgIpc) is 2.94. The van der Waals surface area contributed by atoms with Crippen molar-refractivity contribution >= 4 is 47.6 Å². The lowest BCUT2D eigenvalue weighted by atomic mass is 9.79. The minimum Gasteiger partial charge on any atom is -0.466 e. The molecule has 1 aromatic carbocycles. The highest BCUT2D eigenvalue weighted by molar-refractivity contribution is 8.18. The van der Waals surface area contributed by atoms with Gasteiger partial charge in [-0.3, -0.25) is 10.1 Å². The van der Waals surface area contributed by atoms with E-state index in [1.54, 1.807) is 0 Å². The van der Waals surface area contributed by atoms with Crippen LogP contribution in [0, 0.1) is 0 Å². The van der Waals surface area contributed by atoms with E-state index in [4.69, 9.17) is 0 Å². The summed E-state index contributed by atoms with van der Waals surface area (Å²) in [5.41, 5.74) is -0.345. The molecular formula is C14H11BF3N3O6S. The number of rotatable bonds is 5. The SMILES string of the molecule is COC(=O)/C=C1/S/C(=N\N=Cc2ccc(OC(F)(F)F)c(B(O)O)c2)NC1=O. The van der Waals surface area contributed by atoms with Crippen molar-refractivity contribution in [3.05, 3.63) is 34.7 Å². The molecule has 0 aromatic heterocycles. The molecule has 1 fully saturated rings. The lowest BCUT2D eigenvalue weighted by Gasteiger charge is -2.13. The van der Waals surface area contributed by atoms with Gasteiger partial charge in [-0.2, -0.15) is 5.10 Å². The minimum absolute atomic E-state index is 0.0418. The number of carbonyl (C=O) groups excluding carboxylic acids is 2. The zero-order valence-electron chi connectivity index (χ0n) is 13.9. The number of alkyl halides is 3. The van der Waals surface area contributed by atoms with E-state index in [1.807, 2.05) is 0 Å². The van der Waals surface area contributed by atoms with Gasteiger partial charge in [0.05, 0.1) is 18.2 Å². The highest BCUT2D eigenvalue weighted by Gasteiger charge is 2.33. The Balaban J connectivity index is 2.15. The maximum atomic E-state index is 12.3. The fraction of sp³-hybridized carbons (Fsp3) is 0.143. The smallest absolute Gasteiger partial charge is 0.466 e. The minimum atomic E-state index is -5.00. The van der Waals surface area contributed by atoms with Gasteiger partial charge in [-0.25, -0.2) is 4.79 Å². The van der Waals surface area contributed by atoms with E-state index >= 15 is 0 Å². The van der Waals surface area contributed by atoms with Crippen LogP contribution < -0.4 is 15.5 Å². The first-order chi connectivity index (χ1) is 13.1. The third kappa shape index (κ3) is 6.11. The van der Waals surface area contributed by atoms with Crippen molar-refractivity contribution < 1.29 is 42.3 Å². The number of methoxy groups -OCH3 is 1. The van der Waals surface area contributed by atoms with Crippen molar-refractivity contribution in [2.75, 3.05) is 7.11 Å². The van der Waals surface area contributed by atoms with Crippen LogP contribution in [0.3, 0.4) is 0 Å². The molecule has 0 atom stereocenters. The van der Waals surface area contributed by atoms with Crippen molar-refractivity contribution in [2.45, 2.75) is 6.36 Å². The molecule has 0 unspecified atom stereocenters. The molecule has 9 nitrogen and oxygen atoms in total. The average molecular weight is 417 g/mol. The summed E-state index contributed by atoms with van der Waals surface area (Å²) in [6.45, 7) is 0. The maximum Gasteiger partial charge on any atom is 0.573 e. The van der Waals surface area contributed by atoms with Crippen molar-refractivity contribution in [1.82, 2.24) is 5.32 Å². The van der Waals surface area contributed by atoms with E-state index in [-0.39, 0.29) is 15.6 Å². The quantitative estimate of drug-likeness (QED) is 0.200. The van der Waals surface area contributed by atoms with E-state index in [2.05, 4.69) is 25.0 Å². The van der Waals surface area contributed by atoms with Crippen molar-refractivity contribution in [3.8, 4) is 5.75 Å². The number of nitrogens with zero attached hydrogens (tertiary/aromatic N) is 2. The molecule has 0 aliphatic carbocycles. The molecule has 148 valence electrons. The first kappa shape index (κ1) is 21.5. The number of benzene rings is 1. The number of ether oxygens (including phenoxy) is 2. The molecule has 1 amide bonds. The van der Waals surface area contributed by atoms with Gasteiger partial charge in [0.25, 0.3) is 5.91 Å². The van der Waals surface area contributed by atoms with Crippen LogP contribution >= 0.6 is 11.8 Å². The van der Waals surface area contributed by atoms with Gasteiger partial charge in [-0.1, -0.05) is 0 Å². The summed E-state index contributed by atoms with van der Waals surface area (Å²) in [6, 6.07) is 3.08. The summed E-state index contributed by atoms with van der Waals surface area (Å²) in [5, 5.41) is 28.2. The van der Waals surface area contributed by atoms with Gasteiger partial charge in [0.1, 0.15) is 5.75 Å². The number of carbonyl (C=O) groups is 2. The van der Waals surface area contributed by atoms with Gasteiger partial charge in [0.2, 0.25) is 0 Å². The van der Waals surface area contributed by atoms with Gasteiger partial charge in [0, 0.05) is 11.5 Å². The molecule has 28 heavy (non-hydrogen) atoms. The summed E-state index contributed by atoms with van der Waals surface area (Å²) < 4.78 is 45.1. The lowest BCUT2D eigenvalue weighted by molar-refractivity contribution is -0.274. The van der Waals surface area contributed by atoms with Crippen molar-refractivity contribution in [2.24, 2.45) is 10.2 Å². The van der Waals surface area contributed by atoms with Crippen LogP contribution in [-0.2, 0) is 14.3 Å². The monoisotopic (exact) mass is 417 g/mol. The Hall–Kier alpha value is -2.84. The summed E-state index contributed by atoms with van der Waals surface area (Å²) in [7, 11) is -1.06. The molecule has 1 aromatic rings. The van der Waals surface area contributed by atoms with Crippen molar-refractivity contribution in [1.29, 1.82) is 0 Å². The van der Waals surface area contributed by atoms with E-state index in [0.29, 0.717) is 0 Å². The number of amides is 1. The summed E-state index contributed by atoms with van der Waals surface area (Å²) in [6.07, 6.45) is -2.93. The van der Waals surface area contributed by atoms with Gasteiger partial charge in [0.15, 0.2) is 5.17 Å². The molecule has 1 saturated heterocycles. The van der Waals surface area contributed by atoms with E-state index in [1.165, 1.54) is 6.07 Å². The number of halogens is 3. The molecule has 14 heteroatoms. The van der Waals surface area contributed by atoms with E-state index in [9.17, 15) is 32.8 Å². The van der Waals surface area contributed by atoms with Gasteiger partial charge in [-0.05, 0) is 35.5 Å². The maximum absolute atomic E-state index is 12.3. The second-order valence-corrected chi connectivity index (χ2v) is 5.99. The Morgan fingerprint density at radius 1 is 1.36 bits per heavy atom. The molecule has 2 rings (SSSR count). The Morgan fingerprint density at radius 3 is 2.68 bits per heavy atom. The van der Waals surface area contributed by atoms with Crippen LogP contribution in [0.2, 0.25) is 0 Å². The molecular weight excluding hydrogens is 406 g/mol. The molecule has 0 spiro atoms. The summed E-state index contributed by atoms with van der Waals surface area (Å²) >= 11 is 0.825. The van der Waals surface area contributed by atoms with Crippen LogP contribution in [0.25, 0.3) is 0 Å². The van der Waals surface area contributed by atoms with Gasteiger partial charge < -0.3 is 19.5 Å². The Bertz CT molecular complexity index is 872.